The lowest BCUT2D eigenvalue weighted by atomic mass is 9.70. The quantitative estimate of drug-likeness (QED) is 0.799. The van der Waals surface area contributed by atoms with Gasteiger partial charge in [0.1, 0.15) is 0 Å². The Morgan fingerprint density at radius 2 is 2.16 bits per heavy atom. The third-order valence-electron chi connectivity index (χ3n) is 5.15. The van der Waals surface area contributed by atoms with E-state index in [0.29, 0.717) is 11.8 Å². The largest absolute Gasteiger partial charge is 0.381 e. The summed E-state index contributed by atoms with van der Waals surface area (Å²) >= 11 is 0. The van der Waals surface area contributed by atoms with Crippen LogP contribution in [0.1, 0.15) is 32.1 Å². The van der Waals surface area contributed by atoms with E-state index in [1.165, 1.54) is 6.42 Å². The number of hydrogen-bond donors (Lipinski definition) is 2. The van der Waals surface area contributed by atoms with Crippen molar-refractivity contribution in [3.63, 3.8) is 0 Å². The molecule has 0 spiro atoms. The van der Waals surface area contributed by atoms with E-state index in [0.717, 1.165) is 58.5 Å². The number of carbonyl (C=O) groups excluding carboxylic acids is 1. The van der Waals surface area contributed by atoms with E-state index < -0.39 is 0 Å². The molecule has 0 radical (unpaired) electrons. The SMILES string of the molecule is N[C@]12CC[C@H]1CN(C(=O)NCCC1CCOCC1)C2. The molecule has 0 unspecified atom stereocenters. The second-order valence-electron chi connectivity index (χ2n) is 6.43. The molecule has 2 aliphatic heterocycles. The zero-order valence-corrected chi connectivity index (χ0v) is 11.6. The van der Waals surface area contributed by atoms with Crippen LogP contribution in [-0.2, 0) is 4.74 Å². The summed E-state index contributed by atoms with van der Waals surface area (Å²) < 4.78 is 5.34. The highest BCUT2D eigenvalue weighted by atomic mass is 16.5. The molecule has 5 heteroatoms. The van der Waals surface area contributed by atoms with Gasteiger partial charge in [0.05, 0.1) is 0 Å². The van der Waals surface area contributed by atoms with Gasteiger partial charge >= 0.3 is 6.03 Å². The lowest BCUT2D eigenvalue weighted by molar-refractivity contribution is 0.0641. The Balaban J connectivity index is 1.37. The predicted octanol–water partition coefficient (Wildman–Crippen LogP) is 0.936. The van der Waals surface area contributed by atoms with Crippen LogP contribution in [0.4, 0.5) is 4.79 Å². The van der Waals surface area contributed by atoms with Gasteiger partial charge in [0.2, 0.25) is 0 Å². The predicted molar refractivity (Wildman–Crippen MR) is 72.8 cm³/mol. The number of fused-ring (bicyclic) bond motifs is 1. The first kappa shape index (κ1) is 13.2. The second-order valence-corrected chi connectivity index (χ2v) is 6.43. The summed E-state index contributed by atoms with van der Waals surface area (Å²) in [6, 6.07) is 0.0753. The molecule has 2 heterocycles. The summed E-state index contributed by atoms with van der Waals surface area (Å²) in [6.45, 7) is 4.12. The lowest BCUT2D eigenvalue weighted by Gasteiger charge is -2.39. The maximum atomic E-state index is 12.1. The van der Waals surface area contributed by atoms with Gasteiger partial charge in [0.25, 0.3) is 0 Å². The number of nitrogens with one attached hydrogen (secondary N) is 1. The molecule has 3 fully saturated rings. The normalized spacial score (nSPS) is 34.8. The van der Waals surface area contributed by atoms with Crippen molar-refractivity contribution in [3.8, 4) is 0 Å². The molecule has 0 aromatic heterocycles. The fourth-order valence-corrected chi connectivity index (χ4v) is 3.57. The molecule has 19 heavy (non-hydrogen) atoms. The molecular formula is C14H25N3O2. The molecule has 2 saturated heterocycles. The van der Waals surface area contributed by atoms with Crippen molar-refractivity contribution in [2.24, 2.45) is 17.6 Å². The summed E-state index contributed by atoms with van der Waals surface area (Å²) in [4.78, 5) is 14.0. The molecular weight excluding hydrogens is 242 g/mol. The molecule has 5 nitrogen and oxygen atoms in total. The van der Waals surface area contributed by atoms with Crippen LogP contribution < -0.4 is 11.1 Å². The maximum absolute atomic E-state index is 12.1. The van der Waals surface area contributed by atoms with Crippen LogP contribution in [0.5, 0.6) is 0 Å². The highest BCUT2D eigenvalue weighted by Crippen LogP contribution is 2.42. The molecule has 108 valence electrons. The van der Waals surface area contributed by atoms with Crippen molar-refractivity contribution < 1.29 is 9.53 Å². The molecule has 0 bridgehead atoms. The molecule has 2 atom stereocenters. The first-order valence-corrected chi connectivity index (χ1v) is 7.57. The fraction of sp³-hybridized carbons (Fsp3) is 0.929. The Labute approximate surface area is 114 Å². The van der Waals surface area contributed by atoms with Gasteiger partial charge in [-0.25, -0.2) is 4.79 Å². The van der Waals surface area contributed by atoms with Crippen LogP contribution >= 0.6 is 0 Å². The molecule has 3 rings (SSSR count). The smallest absolute Gasteiger partial charge is 0.317 e. The third-order valence-corrected chi connectivity index (χ3v) is 5.15. The van der Waals surface area contributed by atoms with Gasteiger partial charge in [-0.2, -0.15) is 0 Å². The average Bonchev–Trinajstić information content (AvgIpc) is 2.64. The molecule has 1 saturated carbocycles. The first-order valence-electron chi connectivity index (χ1n) is 7.57. The highest BCUT2D eigenvalue weighted by molar-refractivity contribution is 5.74. The lowest BCUT2D eigenvalue weighted by Crippen LogP contribution is -2.55. The summed E-state index contributed by atoms with van der Waals surface area (Å²) in [5.41, 5.74) is 6.17. The van der Waals surface area contributed by atoms with Crippen molar-refractivity contribution in [2.45, 2.75) is 37.6 Å². The Morgan fingerprint density at radius 1 is 1.37 bits per heavy atom. The van der Waals surface area contributed by atoms with Crippen molar-refractivity contribution in [2.75, 3.05) is 32.8 Å². The van der Waals surface area contributed by atoms with E-state index in [1.807, 2.05) is 4.90 Å². The molecule has 0 aromatic rings. The third kappa shape index (κ3) is 2.72. The number of likely N-dealkylation sites (tertiary alicyclic amines) is 1. The van der Waals surface area contributed by atoms with Crippen LogP contribution in [0, 0.1) is 11.8 Å². The van der Waals surface area contributed by atoms with Gasteiger partial charge < -0.3 is 20.7 Å². The minimum atomic E-state index is -0.0714. The van der Waals surface area contributed by atoms with Gasteiger partial charge in [-0.05, 0) is 43.9 Å². The van der Waals surface area contributed by atoms with Crippen molar-refractivity contribution in [1.82, 2.24) is 10.2 Å². The molecule has 1 aliphatic carbocycles. The Morgan fingerprint density at radius 3 is 2.74 bits per heavy atom. The fourth-order valence-electron chi connectivity index (χ4n) is 3.57. The first-order chi connectivity index (χ1) is 9.17. The van der Waals surface area contributed by atoms with Gasteiger partial charge in [-0.1, -0.05) is 0 Å². The van der Waals surface area contributed by atoms with Gasteiger partial charge in [-0.15, -0.1) is 0 Å². The second kappa shape index (κ2) is 5.29. The van der Waals surface area contributed by atoms with E-state index >= 15 is 0 Å². The molecule has 0 aromatic carbocycles. The van der Waals surface area contributed by atoms with E-state index in [-0.39, 0.29) is 11.6 Å². The Bertz CT molecular complexity index is 344. The van der Waals surface area contributed by atoms with Crippen LogP contribution in [0.2, 0.25) is 0 Å². The summed E-state index contributed by atoms with van der Waals surface area (Å²) in [7, 11) is 0. The molecule has 2 amide bonds. The summed E-state index contributed by atoms with van der Waals surface area (Å²) in [5, 5.41) is 3.05. The van der Waals surface area contributed by atoms with E-state index in [1.54, 1.807) is 0 Å². The number of urea groups is 1. The van der Waals surface area contributed by atoms with Crippen LogP contribution in [-0.4, -0.2) is 49.3 Å². The number of nitrogens with zero attached hydrogens (tertiary/aromatic N) is 1. The van der Waals surface area contributed by atoms with E-state index in [9.17, 15) is 4.79 Å². The van der Waals surface area contributed by atoms with Gasteiger partial charge in [0, 0.05) is 38.4 Å². The minimum absolute atomic E-state index is 0.0714. The number of rotatable bonds is 3. The monoisotopic (exact) mass is 267 g/mol. The number of hydrogen-bond acceptors (Lipinski definition) is 3. The van der Waals surface area contributed by atoms with Crippen molar-refractivity contribution >= 4 is 6.03 Å². The van der Waals surface area contributed by atoms with Crippen molar-refractivity contribution in [1.29, 1.82) is 0 Å². The van der Waals surface area contributed by atoms with Crippen LogP contribution in [0.3, 0.4) is 0 Å². The number of ether oxygens (including phenoxy) is 1. The number of nitrogens with two attached hydrogens (primary N) is 1. The molecule has 3 N–H and O–H groups in total. The Kier molecular flexibility index (Phi) is 3.67. The standard InChI is InChI=1S/C14H25N3O2/c15-14-5-1-12(14)9-17(10-14)13(18)16-6-2-11-3-7-19-8-4-11/h11-12H,1-10,15H2,(H,16,18)/t12-,14-/m0/s1. The average molecular weight is 267 g/mol. The zero-order chi connectivity index (χ0) is 13.3. The Hall–Kier alpha value is -0.810. The molecule has 3 aliphatic rings. The topological polar surface area (TPSA) is 67.6 Å². The highest BCUT2D eigenvalue weighted by Gasteiger charge is 2.51. The van der Waals surface area contributed by atoms with Gasteiger partial charge in [-0.3, -0.25) is 0 Å². The van der Waals surface area contributed by atoms with Crippen LogP contribution in [0.25, 0.3) is 0 Å². The van der Waals surface area contributed by atoms with Crippen LogP contribution in [0.15, 0.2) is 0 Å². The van der Waals surface area contributed by atoms with E-state index in [4.69, 9.17) is 10.5 Å². The summed E-state index contributed by atoms with van der Waals surface area (Å²) in [6.07, 6.45) is 5.59. The van der Waals surface area contributed by atoms with Crippen molar-refractivity contribution in [3.05, 3.63) is 0 Å². The van der Waals surface area contributed by atoms with E-state index in [2.05, 4.69) is 5.32 Å². The number of carbonyl (C=O) groups is 1. The zero-order valence-electron chi connectivity index (χ0n) is 11.6. The maximum Gasteiger partial charge on any atom is 0.317 e. The van der Waals surface area contributed by atoms with Gasteiger partial charge in [0.15, 0.2) is 0 Å². The minimum Gasteiger partial charge on any atom is -0.381 e. The number of amides is 2. The summed E-state index contributed by atoms with van der Waals surface area (Å²) in [5.74, 6) is 1.25.